The number of rotatable bonds is 4. The highest BCUT2D eigenvalue weighted by Gasteiger charge is 2.37. The van der Waals surface area contributed by atoms with Gasteiger partial charge in [-0.25, -0.2) is 9.37 Å². The van der Waals surface area contributed by atoms with Gasteiger partial charge in [0.25, 0.3) is 5.91 Å². The molecule has 0 N–H and O–H groups in total. The Morgan fingerprint density at radius 3 is 2.73 bits per heavy atom. The number of fused-ring (bicyclic) bond motifs is 1. The third-order valence-corrected chi connectivity index (χ3v) is 6.42. The van der Waals surface area contributed by atoms with Crippen molar-refractivity contribution in [3.63, 3.8) is 0 Å². The number of halogens is 1. The average molecular weight is 444 g/mol. The molecule has 2 aliphatic rings. The van der Waals surface area contributed by atoms with Gasteiger partial charge in [-0.05, 0) is 67.7 Å². The van der Waals surface area contributed by atoms with Crippen molar-refractivity contribution >= 4 is 12.0 Å². The molecule has 0 spiro atoms. The standard InChI is InChI=1S/C27H26FN3O2/c1-18-16-30(17-29-18)25-13-6-19(15-26(25)33-2)14-21-9-12-23-4-3-5-24(31(23)27(21)32)20-7-10-22(28)11-8-20/h3,5-8,10-11,13-17,23-24H,4,9,12H2,1-2H3/b21-14-/t23-,24-/m0/s1. The molecule has 33 heavy (non-hydrogen) atoms. The summed E-state index contributed by atoms with van der Waals surface area (Å²) >= 11 is 0. The predicted molar refractivity (Wildman–Crippen MR) is 126 cm³/mol. The van der Waals surface area contributed by atoms with Crippen molar-refractivity contribution in [3.8, 4) is 11.4 Å². The number of aryl methyl sites for hydroxylation is 1. The van der Waals surface area contributed by atoms with Gasteiger partial charge in [0.15, 0.2) is 0 Å². The Hall–Kier alpha value is -3.67. The number of piperidine rings is 1. The van der Waals surface area contributed by atoms with Gasteiger partial charge >= 0.3 is 0 Å². The van der Waals surface area contributed by atoms with Crippen LogP contribution in [-0.4, -0.2) is 33.5 Å². The van der Waals surface area contributed by atoms with Gasteiger partial charge < -0.3 is 14.2 Å². The fourth-order valence-corrected chi connectivity index (χ4v) is 4.76. The van der Waals surface area contributed by atoms with Gasteiger partial charge in [-0.3, -0.25) is 4.79 Å². The number of nitrogens with zero attached hydrogens (tertiary/aromatic N) is 3. The van der Waals surface area contributed by atoms with E-state index in [-0.39, 0.29) is 23.8 Å². The van der Waals surface area contributed by atoms with Crippen LogP contribution in [0.4, 0.5) is 4.39 Å². The summed E-state index contributed by atoms with van der Waals surface area (Å²) in [7, 11) is 1.64. The monoisotopic (exact) mass is 443 g/mol. The number of hydrogen-bond donors (Lipinski definition) is 0. The van der Waals surface area contributed by atoms with Gasteiger partial charge in [0.2, 0.25) is 0 Å². The largest absolute Gasteiger partial charge is 0.495 e. The molecule has 1 aromatic heterocycles. The highest BCUT2D eigenvalue weighted by molar-refractivity contribution is 5.99. The molecule has 5 nitrogen and oxygen atoms in total. The van der Waals surface area contributed by atoms with Gasteiger partial charge in [0, 0.05) is 17.8 Å². The van der Waals surface area contributed by atoms with Crippen LogP contribution < -0.4 is 4.74 Å². The number of ether oxygens (including phenoxy) is 1. The molecule has 5 rings (SSSR count). The van der Waals surface area contributed by atoms with Crippen molar-refractivity contribution in [1.82, 2.24) is 14.5 Å². The van der Waals surface area contributed by atoms with Crippen molar-refractivity contribution in [2.75, 3.05) is 7.11 Å². The summed E-state index contributed by atoms with van der Waals surface area (Å²) in [5.41, 5.74) is 4.44. The lowest BCUT2D eigenvalue weighted by Gasteiger charge is -2.43. The molecule has 1 fully saturated rings. The maximum absolute atomic E-state index is 13.6. The lowest BCUT2D eigenvalue weighted by molar-refractivity contribution is -0.133. The van der Waals surface area contributed by atoms with Crippen molar-refractivity contribution in [1.29, 1.82) is 0 Å². The molecule has 0 unspecified atom stereocenters. The first-order valence-electron chi connectivity index (χ1n) is 11.2. The Morgan fingerprint density at radius 2 is 2.00 bits per heavy atom. The van der Waals surface area contributed by atoms with Crippen LogP contribution in [-0.2, 0) is 4.79 Å². The maximum atomic E-state index is 13.6. The van der Waals surface area contributed by atoms with Crippen LogP contribution in [0.1, 0.15) is 42.1 Å². The summed E-state index contributed by atoms with van der Waals surface area (Å²) in [6.07, 6.45) is 12.3. The third kappa shape index (κ3) is 4.09. The zero-order chi connectivity index (χ0) is 22.9. The van der Waals surface area contributed by atoms with E-state index in [0.29, 0.717) is 5.75 Å². The molecule has 0 radical (unpaired) electrons. The van der Waals surface area contributed by atoms with E-state index in [9.17, 15) is 9.18 Å². The highest BCUT2D eigenvalue weighted by Crippen LogP contribution is 2.38. The molecule has 0 bridgehead atoms. The van der Waals surface area contributed by atoms with Crippen molar-refractivity contribution in [3.05, 3.63) is 95.4 Å². The molecule has 1 amide bonds. The Bertz CT molecular complexity index is 1240. The minimum absolute atomic E-state index is 0.0400. The molecule has 2 aliphatic heterocycles. The predicted octanol–water partition coefficient (Wildman–Crippen LogP) is 5.40. The van der Waals surface area contributed by atoms with E-state index in [4.69, 9.17) is 4.74 Å². The molecular formula is C27H26FN3O2. The number of methoxy groups -OCH3 is 1. The number of carbonyl (C=O) groups excluding carboxylic acids is 1. The number of imidazole rings is 1. The summed E-state index contributed by atoms with van der Waals surface area (Å²) in [5.74, 6) is 0.482. The first kappa shape index (κ1) is 21.2. The second-order valence-electron chi connectivity index (χ2n) is 8.59. The Labute approximate surface area is 192 Å². The van der Waals surface area contributed by atoms with Gasteiger partial charge in [-0.15, -0.1) is 0 Å². The maximum Gasteiger partial charge on any atom is 0.250 e. The van der Waals surface area contributed by atoms with E-state index in [0.717, 1.165) is 47.3 Å². The third-order valence-electron chi connectivity index (χ3n) is 6.42. The van der Waals surface area contributed by atoms with Crippen LogP contribution in [0.15, 0.2) is 72.7 Å². The van der Waals surface area contributed by atoms with Crippen LogP contribution in [0.25, 0.3) is 11.8 Å². The highest BCUT2D eigenvalue weighted by atomic mass is 19.1. The Balaban J connectivity index is 1.45. The Kier molecular flexibility index (Phi) is 5.58. The van der Waals surface area contributed by atoms with Gasteiger partial charge in [0.05, 0.1) is 30.9 Å². The van der Waals surface area contributed by atoms with E-state index in [1.54, 1.807) is 25.6 Å². The average Bonchev–Trinajstić information content (AvgIpc) is 3.27. The summed E-state index contributed by atoms with van der Waals surface area (Å²) in [6, 6.07) is 12.3. The normalized spacial score (nSPS) is 21.4. The van der Waals surface area contributed by atoms with Gasteiger partial charge in [-0.2, -0.15) is 0 Å². The minimum Gasteiger partial charge on any atom is -0.495 e. The summed E-state index contributed by atoms with van der Waals surface area (Å²) in [4.78, 5) is 19.8. The van der Waals surface area contributed by atoms with Crippen LogP contribution in [0, 0.1) is 12.7 Å². The Morgan fingerprint density at radius 1 is 1.18 bits per heavy atom. The molecule has 3 heterocycles. The molecule has 2 aromatic carbocycles. The van der Waals surface area contributed by atoms with Crippen molar-refractivity contribution in [2.24, 2.45) is 0 Å². The number of amides is 1. The van der Waals surface area contributed by atoms with E-state index < -0.39 is 0 Å². The van der Waals surface area contributed by atoms with Crippen molar-refractivity contribution < 1.29 is 13.9 Å². The van der Waals surface area contributed by atoms with Gasteiger partial charge in [0.1, 0.15) is 11.6 Å². The fraction of sp³-hybridized carbons (Fsp3) is 0.259. The molecule has 168 valence electrons. The molecule has 0 saturated carbocycles. The second kappa shape index (κ2) is 8.70. The second-order valence-corrected chi connectivity index (χ2v) is 8.59. The minimum atomic E-state index is -0.274. The fourth-order valence-electron chi connectivity index (χ4n) is 4.76. The van der Waals surface area contributed by atoms with E-state index in [2.05, 4.69) is 17.1 Å². The summed E-state index contributed by atoms with van der Waals surface area (Å²) in [6.45, 7) is 1.94. The zero-order valence-electron chi connectivity index (χ0n) is 18.7. The summed E-state index contributed by atoms with van der Waals surface area (Å²) in [5, 5.41) is 0. The first-order chi connectivity index (χ1) is 16.0. The molecule has 6 heteroatoms. The van der Waals surface area contributed by atoms with Crippen molar-refractivity contribution in [2.45, 2.75) is 38.3 Å². The number of hydrogen-bond acceptors (Lipinski definition) is 3. The molecule has 2 atom stereocenters. The molecule has 3 aromatic rings. The number of benzene rings is 2. The van der Waals surface area contributed by atoms with Crippen LogP contribution >= 0.6 is 0 Å². The quantitative estimate of drug-likeness (QED) is 0.400. The van der Waals surface area contributed by atoms with Crippen LogP contribution in [0.5, 0.6) is 5.75 Å². The van der Waals surface area contributed by atoms with Crippen LogP contribution in [0.3, 0.4) is 0 Å². The van der Waals surface area contributed by atoms with E-state index >= 15 is 0 Å². The van der Waals surface area contributed by atoms with Crippen LogP contribution in [0.2, 0.25) is 0 Å². The summed E-state index contributed by atoms with van der Waals surface area (Å²) < 4.78 is 21.0. The first-order valence-corrected chi connectivity index (χ1v) is 11.2. The SMILES string of the molecule is COc1cc(/C=C2/CC[C@@H]3CC=C[C@@H](c4ccc(F)cc4)N3C2=O)ccc1-n1cnc(C)c1. The number of carbonyl (C=O) groups is 1. The molecule has 1 saturated heterocycles. The lowest BCUT2D eigenvalue weighted by Crippen LogP contribution is -2.47. The van der Waals surface area contributed by atoms with E-state index in [1.165, 1.54) is 12.1 Å². The number of aromatic nitrogens is 2. The van der Waals surface area contributed by atoms with Gasteiger partial charge in [-0.1, -0.05) is 30.4 Å². The smallest absolute Gasteiger partial charge is 0.250 e. The zero-order valence-corrected chi connectivity index (χ0v) is 18.7. The molecular weight excluding hydrogens is 417 g/mol. The lowest BCUT2D eigenvalue weighted by atomic mass is 9.87. The van der Waals surface area contributed by atoms with E-state index in [1.807, 2.05) is 46.9 Å². The molecule has 0 aliphatic carbocycles. The topological polar surface area (TPSA) is 47.4 Å².